The molecule has 1 amide bonds. The molecule has 1 fully saturated rings. The van der Waals surface area contributed by atoms with Crippen LogP contribution in [0.2, 0.25) is 0 Å². The lowest BCUT2D eigenvalue weighted by atomic mass is 9.87. The van der Waals surface area contributed by atoms with Gasteiger partial charge in [0.05, 0.1) is 11.7 Å². The minimum absolute atomic E-state index is 0.150. The molecule has 0 spiro atoms. The van der Waals surface area contributed by atoms with Gasteiger partial charge in [-0.25, -0.2) is 4.39 Å². The monoisotopic (exact) mass is 380 g/mol. The Morgan fingerprint density at radius 1 is 1.21 bits per heavy atom. The van der Waals surface area contributed by atoms with E-state index in [0.29, 0.717) is 24.6 Å². The number of hydrogen-bond donors (Lipinski definition) is 2. The van der Waals surface area contributed by atoms with Gasteiger partial charge >= 0.3 is 0 Å². The Kier molecular flexibility index (Phi) is 5.43. The molecule has 3 aromatic rings. The molecule has 1 atom stereocenters. The summed E-state index contributed by atoms with van der Waals surface area (Å²) in [6.45, 7) is 1.38. The first-order valence-corrected chi connectivity index (χ1v) is 9.30. The summed E-state index contributed by atoms with van der Waals surface area (Å²) in [5, 5.41) is 10.1. The van der Waals surface area contributed by atoms with E-state index in [1.54, 1.807) is 30.6 Å². The number of H-pyrrole nitrogens is 1. The molecule has 0 bridgehead atoms. The van der Waals surface area contributed by atoms with Crippen LogP contribution in [0.3, 0.4) is 0 Å². The van der Waals surface area contributed by atoms with Gasteiger partial charge in [-0.1, -0.05) is 6.07 Å². The standard InChI is InChI=1S/C21H21FN4O2/c22-17-5-3-14(4-6-17)18-12-19(26-25-18)21(27)24-20(15-7-10-28-11-8-15)16-2-1-9-23-13-16/h1-6,9,12-13,15,20H,7-8,10-11H2,(H,24,27)(H,25,26). The van der Waals surface area contributed by atoms with Gasteiger partial charge in [-0.2, -0.15) is 5.10 Å². The Morgan fingerprint density at radius 3 is 2.71 bits per heavy atom. The van der Waals surface area contributed by atoms with Crippen LogP contribution in [0.5, 0.6) is 0 Å². The minimum Gasteiger partial charge on any atom is -0.381 e. The zero-order chi connectivity index (χ0) is 19.3. The number of nitrogens with zero attached hydrogens (tertiary/aromatic N) is 2. The van der Waals surface area contributed by atoms with Gasteiger partial charge in [0.2, 0.25) is 0 Å². The molecule has 1 aliphatic rings. The van der Waals surface area contributed by atoms with Gasteiger partial charge in [0.1, 0.15) is 11.5 Å². The summed E-state index contributed by atoms with van der Waals surface area (Å²) in [4.78, 5) is 17.1. The molecular weight excluding hydrogens is 359 g/mol. The summed E-state index contributed by atoms with van der Waals surface area (Å²) in [7, 11) is 0. The molecule has 7 heteroatoms. The number of aromatic nitrogens is 3. The zero-order valence-corrected chi connectivity index (χ0v) is 15.3. The molecule has 1 saturated heterocycles. The second-order valence-electron chi connectivity index (χ2n) is 6.86. The van der Waals surface area contributed by atoms with Gasteiger partial charge in [0.15, 0.2) is 0 Å². The van der Waals surface area contributed by atoms with Crippen molar-refractivity contribution in [1.82, 2.24) is 20.5 Å². The van der Waals surface area contributed by atoms with Gasteiger partial charge in [-0.3, -0.25) is 14.9 Å². The number of hydrogen-bond acceptors (Lipinski definition) is 4. The number of ether oxygens (including phenoxy) is 1. The summed E-state index contributed by atoms with van der Waals surface area (Å²) in [5.74, 6) is -0.268. The maximum atomic E-state index is 13.1. The lowest BCUT2D eigenvalue weighted by Gasteiger charge is -2.31. The SMILES string of the molecule is O=C(NC(c1cccnc1)C1CCOCC1)c1cc(-c2ccc(F)cc2)n[nH]1. The van der Waals surface area contributed by atoms with Gasteiger partial charge in [0, 0.05) is 31.2 Å². The maximum absolute atomic E-state index is 13.1. The predicted molar refractivity (Wildman–Crippen MR) is 102 cm³/mol. The highest BCUT2D eigenvalue weighted by molar-refractivity contribution is 5.93. The number of halogens is 1. The molecule has 0 aliphatic carbocycles. The van der Waals surface area contributed by atoms with Crippen LogP contribution in [0.4, 0.5) is 4.39 Å². The molecule has 4 rings (SSSR count). The van der Waals surface area contributed by atoms with Crippen molar-refractivity contribution in [3.05, 3.63) is 71.9 Å². The van der Waals surface area contributed by atoms with Crippen LogP contribution in [0, 0.1) is 11.7 Å². The van der Waals surface area contributed by atoms with Crippen molar-refractivity contribution in [2.45, 2.75) is 18.9 Å². The van der Waals surface area contributed by atoms with Gasteiger partial charge in [-0.15, -0.1) is 0 Å². The number of rotatable bonds is 5. The highest BCUT2D eigenvalue weighted by atomic mass is 19.1. The summed E-state index contributed by atoms with van der Waals surface area (Å²) < 4.78 is 18.6. The molecule has 0 radical (unpaired) electrons. The smallest absolute Gasteiger partial charge is 0.269 e. The summed E-state index contributed by atoms with van der Waals surface area (Å²) >= 11 is 0. The van der Waals surface area contributed by atoms with Crippen LogP contribution in [0.25, 0.3) is 11.3 Å². The fraction of sp³-hybridized carbons (Fsp3) is 0.286. The average molecular weight is 380 g/mol. The third-order valence-corrected chi connectivity index (χ3v) is 5.03. The Bertz CT molecular complexity index is 921. The summed E-state index contributed by atoms with van der Waals surface area (Å²) in [6, 6.07) is 11.4. The van der Waals surface area contributed by atoms with Crippen molar-refractivity contribution >= 4 is 5.91 Å². The summed E-state index contributed by atoms with van der Waals surface area (Å²) in [5.41, 5.74) is 2.67. The Balaban J connectivity index is 1.53. The normalized spacial score (nSPS) is 15.9. The van der Waals surface area contributed by atoms with E-state index < -0.39 is 0 Å². The van der Waals surface area contributed by atoms with E-state index in [9.17, 15) is 9.18 Å². The Morgan fingerprint density at radius 2 is 2.00 bits per heavy atom. The first kappa shape index (κ1) is 18.3. The van der Waals surface area contributed by atoms with Crippen molar-refractivity contribution < 1.29 is 13.9 Å². The number of benzene rings is 1. The largest absolute Gasteiger partial charge is 0.381 e. The van der Waals surface area contributed by atoms with E-state index >= 15 is 0 Å². The Labute approximate surface area is 162 Å². The van der Waals surface area contributed by atoms with Crippen LogP contribution in [-0.2, 0) is 4.74 Å². The van der Waals surface area contributed by atoms with Crippen molar-refractivity contribution in [3.8, 4) is 11.3 Å². The van der Waals surface area contributed by atoms with E-state index in [1.165, 1.54) is 12.1 Å². The molecule has 3 heterocycles. The van der Waals surface area contributed by atoms with E-state index in [2.05, 4.69) is 20.5 Å². The fourth-order valence-corrected chi connectivity index (χ4v) is 3.51. The molecule has 1 unspecified atom stereocenters. The molecule has 2 N–H and O–H groups in total. The lowest BCUT2D eigenvalue weighted by Crippen LogP contribution is -2.36. The molecule has 1 aromatic carbocycles. The molecular formula is C21H21FN4O2. The van der Waals surface area contributed by atoms with Crippen molar-refractivity contribution in [1.29, 1.82) is 0 Å². The molecule has 1 aliphatic heterocycles. The van der Waals surface area contributed by atoms with Gasteiger partial charge in [-0.05, 0) is 60.7 Å². The predicted octanol–water partition coefficient (Wildman–Crippen LogP) is 3.51. The lowest BCUT2D eigenvalue weighted by molar-refractivity contribution is 0.0513. The summed E-state index contributed by atoms with van der Waals surface area (Å²) in [6.07, 6.45) is 5.26. The maximum Gasteiger partial charge on any atom is 0.269 e. The van der Waals surface area contributed by atoms with Crippen LogP contribution in [0.15, 0.2) is 54.9 Å². The van der Waals surface area contributed by atoms with Crippen molar-refractivity contribution in [2.75, 3.05) is 13.2 Å². The Hall–Kier alpha value is -3.06. The van der Waals surface area contributed by atoms with Crippen molar-refractivity contribution in [3.63, 3.8) is 0 Å². The topological polar surface area (TPSA) is 79.9 Å². The van der Waals surface area contributed by atoms with E-state index in [1.807, 2.05) is 12.1 Å². The van der Waals surface area contributed by atoms with Crippen LogP contribution < -0.4 is 5.32 Å². The second-order valence-corrected chi connectivity index (χ2v) is 6.86. The molecule has 0 saturated carbocycles. The van der Waals surface area contributed by atoms with Gasteiger partial charge < -0.3 is 10.1 Å². The second kappa shape index (κ2) is 8.31. The fourth-order valence-electron chi connectivity index (χ4n) is 3.51. The van der Waals surface area contributed by atoms with Crippen LogP contribution in [-0.4, -0.2) is 34.3 Å². The van der Waals surface area contributed by atoms with Crippen molar-refractivity contribution in [2.24, 2.45) is 5.92 Å². The number of amides is 1. The van der Waals surface area contributed by atoms with Gasteiger partial charge in [0.25, 0.3) is 5.91 Å². The number of carbonyl (C=O) groups excluding carboxylic acids is 1. The van der Waals surface area contributed by atoms with Crippen LogP contribution in [0.1, 0.15) is 34.9 Å². The molecule has 6 nitrogen and oxygen atoms in total. The molecule has 144 valence electrons. The number of pyridine rings is 1. The highest BCUT2D eigenvalue weighted by Gasteiger charge is 2.28. The van der Waals surface area contributed by atoms with E-state index in [-0.39, 0.29) is 23.7 Å². The molecule has 28 heavy (non-hydrogen) atoms. The number of carbonyl (C=O) groups is 1. The quantitative estimate of drug-likeness (QED) is 0.710. The first-order chi connectivity index (χ1) is 13.7. The molecule has 2 aromatic heterocycles. The van der Waals surface area contributed by atoms with E-state index in [4.69, 9.17) is 4.74 Å². The van der Waals surface area contributed by atoms with Crippen LogP contribution >= 0.6 is 0 Å². The third kappa shape index (κ3) is 4.09. The first-order valence-electron chi connectivity index (χ1n) is 9.30. The zero-order valence-electron chi connectivity index (χ0n) is 15.3. The van der Waals surface area contributed by atoms with E-state index in [0.717, 1.165) is 24.0 Å². The minimum atomic E-state index is -0.312. The third-order valence-electron chi connectivity index (χ3n) is 5.03. The highest BCUT2D eigenvalue weighted by Crippen LogP contribution is 2.30. The average Bonchev–Trinajstić information content (AvgIpc) is 3.24. The number of nitrogens with one attached hydrogen (secondary N) is 2. The number of aromatic amines is 1.